The van der Waals surface area contributed by atoms with Crippen LogP contribution in [0.4, 0.5) is 0 Å². The van der Waals surface area contributed by atoms with Gasteiger partial charge in [-0.25, -0.2) is 15.0 Å². The molecule has 12 rings (SSSR count). The normalized spacial score (nSPS) is 11.9. The molecule has 0 aliphatic heterocycles. The van der Waals surface area contributed by atoms with Crippen molar-refractivity contribution in [1.82, 2.24) is 15.0 Å². The number of furan rings is 3. The number of rotatable bonds is 5. The molecule has 0 atom stereocenters. The van der Waals surface area contributed by atoms with Gasteiger partial charge < -0.3 is 13.3 Å². The van der Waals surface area contributed by atoms with E-state index in [9.17, 15) is 0 Å². The molecule has 0 saturated heterocycles. The maximum Gasteiger partial charge on any atom is 0.167 e. The smallest absolute Gasteiger partial charge is 0.167 e. The van der Waals surface area contributed by atoms with E-state index < -0.39 is 0 Å². The zero-order valence-electron chi connectivity index (χ0n) is 30.3. The van der Waals surface area contributed by atoms with Gasteiger partial charge in [-0.15, -0.1) is 0 Å². The Labute approximate surface area is 325 Å². The van der Waals surface area contributed by atoms with Crippen LogP contribution in [-0.2, 0) is 0 Å². The van der Waals surface area contributed by atoms with E-state index in [2.05, 4.69) is 84.9 Å². The first-order chi connectivity index (χ1) is 28.2. The third kappa shape index (κ3) is 4.94. The van der Waals surface area contributed by atoms with Crippen LogP contribution in [0.3, 0.4) is 0 Å². The molecular weight excluding hydrogens is 703 g/mol. The van der Waals surface area contributed by atoms with E-state index >= 15 is 0 Å². The van der Waals surface area contributed by atoms with Crippen LogP contribution in [0.25, 0.3) is 122 Å². The summed E-state index contributed by atoms with van der Waals surface area (Å²) in [6.07, 6.45) is 0. The quantitative estimate of drug-likeness (QED) is 0.175. The highest BCUT2D eigenvalue weighted by Gasteiger charge is 2.21. The highest BCUT2D eigenvalue weighted by Crippen LogP contribution is 2.45. The van der Waals surface area contributed by atoms with Crippen molar-refractivity contribution in [2.75, 3.05) is 0 Å². The minimum atomic E-state index is 0.550. The van der Waals surface area contributed by atoms with Crippen molar-refractivity contribution >= 4 is 65.8 Å². The van der Waals surface area contributed by atoms with Crippen molar-refractivity contribution in [1.29, 1.82) is 0 Å². The molecule has 8 aromatic carbocycles. The third-order valence-electron chi connectivity index (χ3n) is 11.0. The fourth-order valence-corrected chi connectivity index (χ4v) is 8.30. The highest BCUT2D eigenvalue weighted by atomic mass is 16.3. The number of nitrogens with zero attached hydrogens (tertiary/aromatic N) is 3. The van der Waals surface area contributed by atoms with Gasteiger partial charge in [0.1, 0.15) is 33.5 Å². The second-order valence-corrected chi connectivity index (χ2v) is 14.3. The Balaban J connectivity index is 1.01. The van der Waals surface area contributed by atoms with Crippen LogP contribution in [0.5, 0.6) is 0 Å². The lowest BCUT2D eigenvalue weighted by molar-refractivity contribution is 0.665. The summed E-state index contributed by atoms with van der Waals surface area (Å²) >= 11 is 0. The maximum atomic E-state index is 6.70. The summed E-state index contributed by atoms with van der Waals surface area (Å²) in [4.78, 5) is 15.1. The van der Waals surface area contributed by atoms with Gasteiger partial charge in [0.2, 0.25) is 0 Å². The monoisotopic (exact) mass is 731 g/mol. The lowest BCUT2D eigenvalue weighted by Gasteiger charge is -2.11. The second kappa shape index (κ2) is 12.3. The van der Waals surface area contributed by atoms with Crippen LogP contribution in [0.1, 0.15) is 0 Å². The first-order valence-electron chi connectivity index (χ1n) is 18.9. The van der Waals surface area contributed by atoms with Gasteiger partial charge in [-0.2, -0.15) is 0 Å². The zero-order valence-corrected chi connectivity index (χ0v) is 30.3. The average Bonchev–Trinajstić information content (AvgIpc) is 3.98. The number of para-hydroxylation sites is 5. The first-order valence-corrected chi connectivity index (χ1v) is 18.9. The standard InChI is InChI=1S/C51H29N3O3/c1-2-12-31(13-3-1)49-52-50(54-51(53-49)41-20-11-18-37-35-15-5-8-22-43(35)56-47(37)41)32-26-24-30(25-27-32)33-28-29-39(48-45(33)40-16-6-9-23-44(40)57-48)38-19-10-17-36-34-14-4-7-21-42(34)55-46(36)38/h1-29H. The van der Waals surface area contributed by atoms with Crippen LogP contribution >= 0.6 is 0 Å². The van der Waals surface area contributed by atoms with Crippen molar-refractivity contribution in [3.8, 4) is 56.4 Å². The van der Waals surface area contributed by atoms with Crippen molar-refractivity contribution in [2.24, 2.45) is 0 Å². The van der Waals surface area contributed by atoms with E-state index in [4.69, 9.17) is 28.2 Å². The molecule has 0 fully saturated rings. The molecule has 57 heavy (non-hydrogen) atoms. The molecule has 0 bridgehead atoms. The maximum absolute atomic E-state index is 6.70. The van der Waals surface area contributed by atoms with Gasteiger partial charge in [0.25, 0.3) is 0 Å². The first kappa shape index (κ1) is 31.5. The van der Waals surface area contributed by atoms with Gasteiger partial charge in [-0.3, -0.25) is 0 Å². The molecule has 4 aromatic heterocycles. The topological polar surface area (TPSA) is 78.1 Å². The lowest BCUT2D eigenvalue weighted by Crippen LogP contribution is -2.00. The Bertz CT molecular complexity index is 3520. The Hall–Kier alpha value is -7.83. The highest BCUT2D eigenvalue weighted by molar-refractivity contribution is 6.19. The summed E-state index contributed by atoms with van der Waals surface area (Å²) in [6.45, 7) is 0. The minimum Gasteiger partial charge on any atom is -0.455 e. The Morgan fingerprint density at radius 1 is 0.263 bits per heavy atom. The van der Waals surface area contributed by atoms with Gasteiger partial charge in [0.15, 0.2) is 17.5 Å². The molecule has 12 aromatic rings. The van der Waals surface area contributed by atoms with Crippen molar-refractivity contribution in [3.63, 3.8) is 0 Å². The van der Waals surface area contributed by atoms with Crippen LogP contribution < -0.4 is 0 Å². The zero-order chi connectivity index (χ0) is 37.5. The van der Waals surface area contributed by atoms with Crippen molar-refractivity contribution < 1.29 is 13.3 Å². The number of benzene rings is 8. The minimum absolute atomic E-state index is 0.550. The van der Waals surface area contributed by atoms with Gasteiger partial charge in [0, 0.05) is 54.6 Å². The van der Waals surface area contributed by atoms with E-state index in [-0.39, 0.29) is 0 Å². The van der Waals surface area contributed by atoms with Gasteiger partial charge >= 0.3 is 0 Å². The fourth-order valence-electron chi connectivity index (χ4n) is 8.30. The van der Waals surface area contributed by atoms with E-state index in [0.29, 0.717) is 17.5 Å². The number of fused-ring (bicyclic) bond motifs is 9. The third-order valence-corrected chi connectivity index (χ3v) is 11.0. The van der Waals surface area contributed by atoms with Crippen LogP contribution in [0, 0.1) is 0 Å². The summed E-state index contributed by atoms with van der Waals surface area (Å²) < 4.78 is 19.6. The summed E-state index contributed by atoms with van der Waals surface area (Å²) in [5.41, 5.74) is 11.6. The SMILES string of the molecule is c1ccc(-c2nc(-c3ccc(-c4ccc(-c5cccc6c5oc5ccccc56)c5oc6ccccc6c45)cc3)nc(-c3cccc4c3oc3ccccc34)n2)cc1. The Morgan fingerprint density at radius 3 is 1.37 bits per heavy atom. The molecule has 0 radical (unpaired) electrons. The van der Waals surface area contributed by atoms with Crippen LogP contribution in [0.2, 0.25) is 0 Å². The number of hydrogen-bond donors (Lipinski definition) is 0. The fraction of sp³-hybridized carbons (Fsp3) is 0. The van der Waals surface area contributed by atoms with Gasteiger partial charge in [0.05, 0.1) is 5.56 Å². The largest absolute Gasteiger partial charge is 0.455 e. The molecule has 0 aliphatic rings. The average molecular weight is 732 g/mol. The summed E-state index contributed by atoms with van der Waals surface area (Å²) in [5.74, 6) is 1.72. The number of hydrogen-bond acceptors (Lipinski definition) is 6. The molecule has 4 heterocycles. The molecule has 0 amide bonds. The van der Waals surface area contributed by atoms with Crippen molar-refractivity contribution in [2.45, 2.75) is 0 Å². The molecule has 6 nitrogen and oxygen atoms in total. The van der Waals surface area contributed by atoms with Gasteiger partial charge in [-0.05, 0) is 41.5 Å². The van der Waals surface area contributed by atoms with E-state index in [1.807, 2.05) is 91.0 Å². The van der Waals surface area contributed by atoms with Crippen LogP contribution in [-0.4, -0.2) is 15.0 Å². The predicted molar refractivity (Wildman–Crippen MR) is 229 cm³/mol. The molecule has 6 heteroatoms. The Morgan fingerprint density at radius 2 is 0.702 bits per heavy atom. The van der Waals surface area contributed by atoms with E-state index in [0.717, 1.165) is 105 Å². The van der Waals surface area contributed by atoms with Crippen LogP contribution in [0.15, 0.2) is 189 Å². The van der Waals surface area contributed by atoms with E-state index in [1.54, 1.807) is 0 Å². The van der Waals surface area contributed by atoms with Gasteiger partial charge in [-0.1, -0.05) is 146 Å². The lowest BCUT2D eigenvalue weighted by atomic mass is 9.93. The molecule has 0 saturated carbocycles. The molecular formula is C51H29N3O3. The Kier molecular flexibility index (Phi) is 6.83. The summed E-state index contributed by atoms with van der Waals surface area (Å²) in [7, 11) is 0. The molecule has 0 aliphatic carbocycles. The van der Waals surface area contributed by atoms with Crippen molar-refractivity contribution in [3.05, 3.63) is 176 Å². The molecule has 0 spiro atoms. The summed E-state index contributed by atoms with van der Waals surface area (Å²) in [5, 5.41) is 6.37. The summed E-state index contributed by atoms with van der Waals surface area (Å²) in [6, 6.07) is 59.8. The molecule has 0 unspecified atom stereocenters. The predicted octanol–water partition coefficient (Wildman–Crippen LogP) is 13.9. The second-order valence-electron chi connectivity index (χ2n) is 14.3. The molecule has 266 valence electrons. The molecule has 0 N–H and O–H groups in total. The van der Waals surface area contributed by atoms with E-state index in [1.165, 1.54) is 0 Å². The number of aromatic nitrogens is 3.